The molecular weight excluding hydrogens is 212 g/mol. The number of carbonyl (C=O) groups excluding carboxylic acids is 1. The van der Waals surface area contributed by atoms with Crippen molar-refractivity contribution < 1.29 is 19.5 Å². The smallest absolute Gasteiger partial charge is 0.407 e. The molecule has 0 saturated heterocycles. The molecule has 94 valence electrons. The highest BCUT2D eigenvalue weighted by Gasteiger charge is 2.23. The summed E-state index contributed by atoms with van der Waals surface area (Å²) in [6, 6.07) is 0. The topological polar surface area (TPSA) is 70.1 Å². The Balaban J connectivity index is 4.47. The van der Waals surface area contributed by atoms with Crippen molar-refractivity contribution in [3.8, 4) is 0 Å². The van der Waals surface area contributed by atoms with Gasteiger partial charge >= 0.3 is 6.09 Å². The number of likely N-dealkylation sites (N-methyl/N-ethyl adjacent to an activating group) is 1. The zero-order chi connectivity index (χ0) is 12.9. The number of hydroxylamine groups is 2. The number of rotatable bonds is 4. The average Bonchev–Trinajstić information content (AvgIpc) is 2.13. The first-order valence-electron chi connectivity index (χ1n) is 4.96. The Kier molecular flexibility index (Phi) is 5.23. The maximum absolute atomic E-state index is 11.5. The van der Waals surface area contributed by atoms with E-state index in [1.165, 1.54) is 14.2 Å². The summed E-state index contributed by atoms with van der Waals surface area (Å²) in [6.45, 7) is 5.83. The van der Waals surface area contributed by atoms with Gasteiger partial charge in [0.05, 0.1) is 7.11 Å². The SMILES string of the molecule is CON(C)C(=O)CN(CC(C)(C)C)C(=O)O. The van der Waals surface area contributed by atoms with Gasteiger partial charge in [0.1, 0.15) is 6.54 Å². The normalized spacial score (nSPS) is 11.1. The summed E-state index contributed by atoms with van der Waals surface area (Å²) in [5, 5.41) is 9.97. The van der Waals surface area contributed by atoms with E-state index in [-0.39, 0.29) is 12.0 Å². The molecule has 0 spiro atoms. The van der Waals surface area contributed by atoms with Crippen LogP contribution < -0.4 is 0 Å². The quantitative estimate of drug-likeness (QED) is 0.735. The van der Waals surface area contributed by atoms with Crippen molar-refractivity contribution in [2.24, 2.45) is 5.41 Å². The van der Waals surface area contributed by atoms with E-state index in [1.54, 1.807) is 0 Å². The second-order valence-electron chi connectivity index (χ2n) is 4.77. The molecule has 0 aromatic carbocycles. The second kappa shape index (κ2) is 5.69. The summed E-state index contributed by atoms with van der Waals surface area (Å²) in [5.74, 6) is -0.394. The lowest BCUT2D eigenvalue weighted by Crippen LogP contribution is -2.44. The Morgan fingerprint density at radius 3 is 2.12 bits per heavy atom. The third-order valence-electron chi connectivity index (χ3n) is 1.89. The molecule has 0 atom stereocenters. The van der Waals surface area contributed by atoms with Crippen LogP contribution in [0.25, 0.3) is 0 Å². The molecule has 16 heavy (non-hydrogen) atoms. The van der Waals surface area contributed by atoms with E-state index in [0.717, 1.165) is 9.96 Å². The number of hydrogen-bond acceptors (Lipinski definition) is 3. The summed E-state index contributed by atoms with van der Waals surface area (Å²) in [7, 11) is 2.80. The number of carbonyl (C=O) groups is 2. The van der Waals surface area contributed by atoms with Gasteiger partial charge in [0.2, 0.25) is 0 Å². The Bertz CT molecular complexity index is 260. The standard InChI is InChI=1S/C10H20N2O4/c1-10(2,3)7-12(9(14)15)6-8(13)11(4)16-5/h6-7H2,1-5H3,(H,14,15). The molecule has 0 rings (SSSR count). The van der Waals surface area contributed by atoms with Gasteiger partial charge in [0, 0.05) is 13.6 Å². The minimum atomic E-state index is -1.10. The zero-order valence-corrected chi connectivity index (χ0v) is 10.5. The molecular formula is C10H20N2O4. The van der Waals surface area contributed by atoms with Crippen LogP contribution in [0.2, 0.25) is 0 Å². The summed E-state index contributed by atoms with van der Waals surface area (Å²) in [4.78, 5) is 28.2. The van der Waals surface area contributed by atoms with E-state index in [4.69, 9.17) is 5.11 Å². The molecule has 0 aromatic heterocycles. The van der Waals surface area contributed by atoms with E-state index in [2.05, 4.69) is 4.84 Å². The van der Waals surface area contributed by atoms with E-state index in [9.17, 15) is 9.59 Å². The van der Waals surface area contributed by atoms with Crippen molar-refractivity contribution in [3.63, 3.8) is 0 Å². The van der Waals surface area contributed by atoms with E-state index in [1.807, 2.05) is 20.8 Å². The van der Waals surface area contributed by atoms with Gasteiger partial charge in [-0.05, 0) is 5.41 Å². The van der Waals surface area contributed by atoms with Crippen LogP contribution in [0, 0.1) is 5.41 Å². The van der Waals surface area contributed by atoms with Crippen LogP contribution in [0.1, 0.15) is 20.8 Å². The van der Waals surface area contributed by atoms with Gasteiger partial charge in [0.25, 0.3) is 5.91 Å². The lowest BCUT2D eigenvalue weighted by molar-refractivity contribution is -0.169. The number of nitrogens with zero attached hydrogens (tertiary/aromatic N) is 2. The zero-order valence-electron chi connectivity index (χ0n) is 10.5. The summed E-state index contributed by atoms with van der Waals surface area (Å²) in [6.07, 6.45) is -1.10. The van der Waals surface area contributed by atoms with Gasteiger partial charge < -0.3 is 5.11 Å². The van der Waals surface area contributed by atoms with Gasteiger partial charge in [-0.3, -0.25) is 14.5 Å². The van der Waals surface area contributed by atoms with E-state index in [0.29, 0.717) is 6.54 Å². The highest BCUT2D eigenvalue weighted by Crippen LogP contribution is 2.15. The van der Waals surface area contributed by atoms with Crippen LogP contribution >= 0.6 is 0 Å². The number of hydrogen-bond donors (Lipinski definition) is 1. The molecule has 0 aliphatic heterocycles. The monoisotopic (exact) mass is 232 g/mol. The summed E-state index contributed by atoms with van der Waals surface area (Å²) < 4.78 is 0. The first kappa shape index (κ1) is 14.7. The molecule has 0 heterocycles. The Morgan fingerprint density at radius 1 is 1.31 bits per heavy atom. The number of amides is 2. The largest absolute Gasteiger partial charge is 0.465 e. The highest BCUT2D eigenvalue weighted by molar-refractivity contribution is 5.80. The molecule has 0 unspecified atom stereocenters. The molecule has 6 heteroatoms. The molecule has 0 radical (unpaired) electrons. The fourth-order valence-corrected chi connectivity index (χ4v) is 1.13. The second-order valence-corrected chi connectivity index (χ2v) is 4.77. The predicted octanol–water partition coefficient (Wildman–Crippen LogP) is 1.03. The molecule has 0 aliphatic carbocycles. The van der Waals surface area contributed by atoms with Gasteiger partial charge in [-0.2, -0.15) is 0 Å². The van der Waals surface area contributed by atoms with Crippen molar-refractivity contribution in [1.29, 1.82) is 0 Å². The average molecular weight is 232 g/mol. The molecule has 2 amide bonds. The highest BCUT2D eigenvalue weighted by atomic mass is 16.7. The van der Waals surface area contributed by atoms with E-state index >= 15 is 0 Å². The molecule has 6 nitrogen and oxygen atoms in total. The minimum absolute atomic E-state index is 0.190. The van der Waals surface area contributed by atoms with Crippen molar-refractivity contribution in [2.45, 2.75) is 20.8 Å². The Hall–Kier alpha value is -1.30. The van der Waals surface area contributed by atoms with Gasteiger partial charge in [-0.1, -0.05) is 20.8 Å². The predicted molar refractivity (Wildman–Crippen MR) is 58.8 cm³/mol. The molecule has 0 aliphatic rings. The van der Waals surface area contributed by atoms with Crippen molar-refractivity contribution in [1.82, 2.24) is 9.96 Å². The molecule has 1 N–H and O–H groups in total. The first-order chi connectivity index (χ1) is 7.17. The molecule has 0 aromatic rings. The lowest BCUT2D eigenvalue weighted by atomic mass is 9.96. The van der Waals surface area contributed by atoms with E-state index < -0.39 is 12.0 Å². The fraction of sp³-hybridized carbons (Fsp3) is 0.800. The Labute approximate surface area is 95.7 Å². The summed E-state index contributed by atoms with van der Waals surface area (Å²) in [5.41, 5.74) is -0.190. The lowest BCUT2D eigenvalue weighted by Gasteiger charge is -2.28. The van der Waals surface area contributed by atoms with Crippen LogP contribution in [0.3, 0.4) is 0 Å². The van der Waals surface area contributed by atoms with Gasteiger partial charge in [-0.15, -0.1) is 0 Å². The third-order valence-corrected chi connectivity index (χ3v) is 1.89. The van der Waals surface area contributed by atoms with Gasteiger partial charge in [-0.25, -0.2) is 9.86 Å². The molecule has 0 fully saturated rings. The van der Waals surface area contributed by atoms with Crippen LogP contribution in [-0.4, -0.2) is 54.3 Å². The first-order valence-corrected chi connectivity index (χ1v) is 4.96. The third kappa shape index (κ3) is 5.55. The molecule has 0 saturated carbocycles. The number of carboxylic acid groups (broad SMARTS) is 1. The molecule has 0 bridgehead atoms. The van der Waals surface area contributed by atoms with Crippen LogP contribution in [0.4, 0.5) is 4.79 Å². The fourth-order valence-electron chi connectivity index (χ4n) is 1.13. The van der Waals surface area contributed by atoms with Crippen LogP contribution in [-0.2, 0) is 9.63 Å². The van der Waals surface area contributed by atoms with Crippen LogP contribution in [0.5, 0.6) is 0 Å². The van der Waals surface area contributed by atoms with Gasteiger partial charge in [0.15, 0.2) is 0 Å². The minimum Gasteiger partial charge on any atom is -0.465 e. The summed E-state index contributed by atoms with van der Waals surface area (Å²) >= 11 is 0. The van der Waals surface area contributed by atoms with Crippen LogP contribution in [0.15, 0.2) is 0 Å². The maximum atomic E-state index is 11.5. The van der Waals surface area contributed by atoms with Crippen molar-refractivity contribution in [3.05, 3.63) is 0 Å². The maximum Gasteiger partial charge on any atom is 0.407 e. The Morgan fingerprint density at radius 2 is 1.81 bits per heavy atom. The van der Waals surface area contributed by atoms with Crippen molar-refractivity contribution in [2.75, 3.05) is 27.2 Å². The van der Waals surface area contributed by atoms with Crippen molar-refractivity contribution >= 4 is 12.0 Å².